The average molecular weight is 445 g/mol. The van der Waals surface area contributed by atoms with Crippen LogP contribution in [0.15, 0.2) is 18.3 Å². The van der Waals surface area contributed by atoms with E-state index in [9.17, 15) is 18.4 Å². The number of alkyl halides is 2. The second-order valence-corrected chi connectivity index (χ2v) is 9.10. The molecule has 4 atom stereocenters. The molecule has 2 amide bonds. The molecule has 1 aliphatic carbocycles. The molecule has 0 spiro atoms. The molecule has 4 heterocycles. The summed E-state index contributed by atoms with van der Waals surface area (Å²) >= 11 is 0. The summed E-state index contributed by atoms with van der Waals surface area (Å²) in [4.78, 5) is 30.8. The fourth-order valence-electron chi connectivity index (χ4n) is 4.86. The molecule has 1 fully saturated rings. The van der Waals surface area contributed by atoms with E-state index in [0.717, 1.165) is 11.1 Å². The minimum absolute atomic E-state index is 0.154. The molecule has 0 aromatic carbocycles. The van der Waals surface area contributed by atoms with Gasteiger partial charge < -0.3 is 10.5 Å². The summed E-state index contributed by atoms with van der Waals surface area (Å²) in [6.45, 7) is 4.30. The number of fused-ring (bicyclic) bond motifs is 2. The third-order valence-corrected chi connectivity index (χ3v) is 7.09. The van der Waals surface area contributed by atoms with Crippen LogP contribution in [-0.4, -0.2) is 39.5 Å². The molecule has 2 unspecified atom stereocenters. The Bertz CT molecular complexity index is 1130. The molecule has 0 radical (unpaired) electrons. The molecule has 0 bridgehead atoms. The number of amides is 2. The van der Waals surface area contributed by atoms with E-state index >= 15 is 0 Å². The summed E-state index contributed by atoms with van der Waals surface area (Å²) in [5.74, 6) is -4.39. The minimum atomic E-state index is -2.71. The maximum atomic E-state index is 13.5. The summed E-state index contributed by atoms with van der Waals surface area (Å²) in [6.07, 6.45) is 1.89. The van der Waals surface area contributed by atoms with Crippen LogP contribution in [0.3, 0.4) is 0 Å². The molecule has 32 heavy (non-hydrogen) atoms. The number of primary amides is 1. The fraction of sp³-hybridized carbons (Fsp3) is 0.545. The number of hydrogen-bond donors (Lipinski definition) is 1. The number of nitrogens with two attached hydrogens (primary N) is 1. The molecule has 2 aromatic heterocycles. The van der Waals surface area contributed by atoms with Gasteiger partial charge in [-0.25, -0.2) is 13.5 Å². The number of pyridine rings is 1. The Kier molecular flexibility index (Phi) is 4.47. The summed E-state index contributed by atoms with van der Waals surface area (Å²) in [5.41, 5.74) is 6.78. The number of anilines is 1. The van der Waals surface area contributed by atoms with Gasteiger partial charge in [0.25, 0.3) is 11.8 Å². The molecule has 2 aliphatic heterocycles. The molecular weight excluding hydrogens is 420 g/mol. The van der Waals surface area contributed by atoms with Crippen molar-refractivity contribution in [2.24, 2.45) is 11.7 Å². The molecule has 5 rings (SSSR count). The molecule has 170 valence electrons. The Balaban J connectivity index is 1.47. The number of carbonyl (C=O) groups excluding carboxylic acids is 2. The Morgan fingerprint density at radius 1 is 1.38 bits per heavy atom. The molecule has 0 saturated heterocycles. The number of carbonyl (C=O) groups is 2. The standard InChI is InChI=1S/C22H25F2N5O3/c1-4-21(2)13-7-16(19(25)30)26-10-12(13)18(32-21)11-5-6-29-17(28(3)20(11)31)8-15(27-29)14-9-22(14,23)24/h7-8,10-11,14,18H,4-6,9H2,1-3H3,(H2,25,30)/t11-,14-,18?,21?/m1/s1. The number of ether oxygens (including phenoxy) is 1. The summed E-state index contributed by atoms with van der Waals surface area (Å²) in [6, 6.07) is 3.24. The molecule has 8 nitrogen and oxygen atoms in total. The highest BCUT2D eigenvalue weighted by molar-refractivity contribution is 5.95. The number of aryl methyl sites for hydroxylation is 1. The zero-order chi connectivity index (χ0) is 23.0. The van der Waals surface area contributed by atoms with Crippen molar-refractivity contribution in [3.63, 3.8) is 0 Å². The van der Waals surface area contributed by atoms with Gasteiger partial charge in [0, 0.05) is 37.8 Å². The summed E-state index contributed by atoms with van der Waals surface area (Å²) in [5, 5.41) is 4.37. The van der Waals surface area contributed by atoms with Crippen molar-refractivity contribution in [1.82, 2.24) is 14.8 Å². The first-order valence-electron chi connectivity index (χ1n) is 10.8. The van der Waals surface area contributed by atoms with E-state index in [1.54, 1.807) is 30.1 Å². The largest absolute Gasteiger partial charge is 0.364 e. The van der Waals surface area contributed by atoms with Gasteiger partial charge in [-0.15, -0.1) is 0 Å². The van der Waals surface area contributed by atoms with Crippen molar-refractivity contribution in [2.45, 2.75) is 63.2 Å². The van der Waals surface area contributed by atoms with E-state index in [2.05, 4.69) is 10.1 Å². The Hall–Kier alpha value is -2.88. The van der Waals surface area contributed by atoms with Gasteiger partial charge in [0.05, 0.1) is 29.2 Å². The van der Waals surface area contributed by atoms with Gasteiger partial charge in [0.2, 0.25) is 5.91 Å². The minimum Gasteiger partial charge on any atom is -0.364 e. The van der Waals surface area contributed by atoms with E-state index in [1.807, 2.05) is 13.8 Å². The topological polar surface area (TPSA) is 103 Å². The van der Waals surface area contributed by atoms with E-state index in [4.69, 9.17) is 10.5 Å². The maximum absolute atomic E-state index is 13.5. The van der Waals surface area contributed by atoms with Gasteiger partial charge >= 0.3 is 0 Å². The van der Waals surface area contributed by atoms with E-state index in [-0.39, 0.29) is 18.0 Å². The quantitative estimate of drug-likeness (QED) is 0.780. The van der Waals surface area contributed by atoms with Crippen LogP contribution in [0, 0.1) is 5.92 Å². The molecule has 2 N–H and O–H groups in total. The van der Waals surface area contributed by atoms with Crippen LogP contribution in [0.25, 0.3) is 0 Å². The van der Waals surface area contributed by atoms with Crippen molar-refractivity contribution in [3.8, 4) is 0 Å². The smallest absolute Gasteiger partial charge is 0.267 e. The van der Waals surface area contributed by atoms with E-state index in [1.165, 1.54) is 4.90 Å². The Labute approximate surface area is 183 Å². The van der Waals surface area contributed by atoms with Gasteiger partial charge in [0.1, 0.15) is 11.5 Å². The highest BCUT2D eigenvalue weighted by Gasteiger charge is 2.59. The third kappa shape index (κ3) is 3.03. The van der Waals surface area contributed by atoms with Crippen LogP contribution >= 0.6 is 0 Å². The van der Waals surface area contributed by atoms with Crippen LogP contribution in [0.2, 0.25) is 0 Å². The lowest BCUT2D eigenvalue weighted by Crippen LogP contribution is -2.35. The predicted molar refractivity (Wildman–Crippen MR) is 110 cm³/mol. The van der Waals surface area contributed by atoms with Crippen molar-refractivity contribution < 1.29 is 23.1 Å². The molecular formula is C22H25F2N5O3. The Morgan fingerprint density at radius 2 is 2.09 bits per heavy atom. The van der Waals surface area contributed by atoms with Crippen molar-refractivity contribution >= 4 is 17.6 Å². The highest BCUT2D eigenvalue weighted by atomic mass is 19.3. The first-order chi connectivity index (χ1) is 15.1. The lowest BCUT2D eigenvalue weighted by atomic mass is 9.88. The fourth-order valence-corrected chi connectivity index (χ4v) is 4.86. The molecule has 1 saturated carbocycles. The lowest BCUT2D eigenvalue weighted by Gasteiger charge is -2.28. The van der Waals surface area contributed by atoms with Crippen molar-refractivity contribution in [2.75, 3.05) is 11.9 Å². The van der Waals surface area contributed by atoms with Gasteiger partial charge in [-0.3, -0.25) is 19.5 Å². The second-order valence-electron chi connectivity index (χ2n) is 9.10. The van der Waals surface area contributed by atoms with E-state index in [0.29, 0.717) is 30.9 Å². The van der Waals surface area contributed by atoms with E-state index < -0.39 is 35.4 Å². The van der Waals surface area contributed by atoms with Gasteiger partial charge in [-0.1, -0.05) is 6.92 Å². The van der Waals surface area contributed by atoms with Crippen LogP contribution in [0.5, 0.6) is 0 Å². The summed E-state index contributed by atoms with van der Waals surface area (Å²) < 4.78 is 35.1. The van der Waals surface area contributed by atoms with Crippen molar-refractivity contribution in [3.05, 3.63) is 40.8 Å². The van der Waals surface area contributed by atoms with Crippen LogP contribution in [-0.2, 0) is 21.7 Å². The van der Waals surface area contributed by atoms with Crippen LogP contribution < -0.4 is 10.6 Å². The SMILES string of the molecule is CCC1(C)OC([C@H]2CCn3nc([C@H]4CC4(F)F)cc3N(C)C2=O)c2cnc(C(N)=O)cc21. The molecule has 3 aliphatic rings. The van der Waals surface area contributed by atoms with Crippen LogP contribution in [0.4, 0.5) is 14.6 Å². The zero-order valence-corrected chi connectivity index (χ0v) is 18.1. The normalized spacial score (nSPS) is 30.6. The summed E-state index contributed by atoms with van der Waals surface area (Å²) in [7, 11) is 1.63. The van der Waals surface area contributed by atoms with Crippen LogP contribution in [0.1, 0.15) is 72.4 Å². The molecule has 2 aromatic rings. The maximum Gasteiger partial charge on any atom is 0.267 e. The second kappa shape index (κ2) is 6.81. The number of aromatic nitrogens is 3. The predicted octanol–water partition coefficient (Wildman–Crippen LogP) is 2.88. The first kappa shape index (κ1) is 21.0. The van der Waals surface area contributed by atoms with Gasteiger partial charge in [-0.2, -0.15) is 5.10 Å². The number of nitrogens with zero attached hydrogens (tertiary/aromatic N) is 4. The Morgan fingerprint density at radius 3 is 2.72 bits per heavy atom. The highest BCUT2D eigenvalue weighted by Crippen LogP contribution is 2.56. The van der Waals surface area contributed by atoms with Gasteiger partial charge in [-0.05, 0) is 31.4 Å². The average Bonchev–Trinajstić information content (AvgIpc) is 3.11. The number of halogens is 2. The van der Waals surface area contributed by atoms with Gasteiger partial charge in [0.15, 0.2) is 0 Å². The number of hydrogen-bond acceptors (Lipinski definition) is 5. The first-order valence-corrected chi connectivity index (χ1v) is 10.8. The zero-order valence-electron chi connectivity index (χ0n) is 18.1. The monoisotopic (exact) mass is 445 g/mol. The van der Waals surface area contributed by atoms with Crippen molar-refractivity contribution in [1.29, 1.82) is 0 Å². The number of rotatable bonds is 4. The third-order valence-electron chi connectivity index (χ3n) is 7.09. The lowest BCUT2D eigenvalue weighted by molar-refractivity contribution is -0.135. The molecule has 10 heteroatoms.